The summed E-state index contributed by atoms with van der Waals surface area (Å²) >= 11 is 0. The number of amides is 1. The number of rotatable bonds is 1. The molecule has 5 nitrogen and oxygen atoms in total. The molecule has 7 heteroatoms. The summed E-state index contributed by atoms with van der Waals surface area (Å²) in [7, 11) is 0. The van der Waals surface area contributed by atoms with Gasteiger partial charge in [0.2, 0.25) is 0 Å². The number of carboxylic acid groups (broad SMARTS) is 1. The number of hydrogen-bond donors (Lipinski definition) is 1. The molecule has 0 aromatic heterocycles. The highest BCUT2D eigenvalue weighted by Gasteiger charge is 2.86. The fourth-order valence-corrected chi connectivity index (χ4v) is 2.68. The number of fused-ring (bicyclic) bond motifs is 1. The van der Waals surface area contributed by atoms with Crippen LogP contribution in [0.4, 0.5) is 13.6 Å². The van der Waals surface area contributed by atoms with E-state index in [1.165, 1.54) is 0 Å². The molecule has 108 valence electrons. The summed E-state index contributed by atoms with van der Waals surface area (Å²) in [6.45, 7) is 4.60. The highest BCUT2D eigenvalue weighted by molar-refractivity contribution is 5.83. The maximum absolute atomic E-state index is 13.6. The number of aliphatic carboxylic acids is 1. The standard InChI is InChI=1S/C12H17F2NO4/c1-10(2,3)19-9(18)15-5-4-7-11(6-15,8(16)17)12(7,13)14/h7H,4-6H2,1-3H3,(H,16,17)/t7-,11+/m0/s1. The van der Waals surface area contributed by atoms with Crippen molar-refractivity contribution in [1.29, 1.82) is 0 Å². The first-order chi connectivity index (χ1) is 8.52. The van der Waals surface area contributed by atoms with Crippen LogP contribution >= 0.6 is 0 Å². The summed E-state index contributed by atoms with van der Waals surface area (Å²) in [5.74, 6) is -5.96. The molecule has 2 atom stereocenters. The number of hydrogen-bond acceptors (Lipinski definition) is 3. The van der Waals surface area contributed by atoms with Crippen LogP contribution in [0, 0.1) is 11.3 Å². The number of halogens is 2. The van der Waals surface area contributed by atoms with E-state index in [0.717, 1.165) is 4.90 Å². The van der Waals surface area contributed by atoms with Gasteiger partial charge in [0.25, 0.3) is 5.92 Å². The van der Waals surface area contributed by atoms with Gasteiger partial charge in [-0.1, -0.05) is 0 Å². The van der Waals surface area contributed by atoms with E-state index in [9.17, 15) is 18.4 Å². The van der Waals surface area contributed by atoms with E-state index in [1.807, 2.05) is 0 Å². The van der Waals surface area contributed by atoms with Gasteiger partial charge in [-0.2, -0.15) is 0 Å². The lowest BCUT2D eigenvalue weighted by atomic mass is 9.97. The quantitative estimate of drug-likeness (QED) is 0.795. The van der Waals surface area contributed by atoms with Crippen molar-refractivity contribution in [2.75, 3.05) is 13.1 Å². The van der Waals surface area contributed by atoms with E-state index < -0.39 is 41.5 Å². The Hall–Kier alpha value is -1.40. The monoisotopic (exact) mass is 277 g/mol. The summed E-state index contributed by atoms with van der Waals surface area (Å²) < 4.78 is 32.3. The Morgan fingerprint density at radius 2 is 1.95 bits per heavy atom. The fraction of sp³-hybridized carbons (Fsp3) is 0.833. The first kappa shape index (κ1) is 14.0. The third-order valence-electron chi connectivity index (χ3n) is 3.71. The second-order valence-corrected chi connectivity index (χ2v) is 6.14. The largest absolute Gasteiger partial charge is 0.481 e. The number of piperidine rings is 1. The third kappa shape index (κ3) is 1.95. The molecule has 1 N–H and O–H groups in total. The summed E-state index contributed by atoms with van der Waals surface area (Å²) in [5, 5.41) is 9.05. The van der Waals surface area contributed by atoms with Crippen LogP contribution < -0.4 is 0 Å². The number of likely N-dealkylation sites (tertiary alicyclic amines) is 1. The second-order valence-electron chi connectivity index (χ2n) is 6.14. The predicted molar refractivity (Wildman–Crippen MR) is 60.9 cm³/mol. The molecule has 0 aromatic rings. The number of alkyl halides is 2. The maximum atomic E-state index is 13.6. The smallest absolute Gasteiger partial charge is 0.410 e. The van der Waals surface area contributed by atoms with Crippen LogP contribution in [-0.2, 0) is 9.53 Å². The average molecular weight is 277 g/mol. The van der Waals surface area contributed by atoms with Gasteiger partial charge < -0.3 is 14.7 Å². The van der Waals surface area contributed by atoms with Gasteiger partial charge in [0, 0.05) is 19.0 Å². The molecule has 19 heavy (non-hydrogen) atoms. The van der Waals surface area contributed by atoms with Gasteiger partial charge in [0.05, 0.1) is 0 Å². The second kappa shape index (κ2) is 3.80. The minimum atomic E-state index is -3.24. The van der Waals surface area contributed by atoms with Gasteiger partial charge in [-0.25, -0.2) is 13.6 Å². The first-order valence-electron chi connectivity index (χ1n) is 6.11. The van der Waals surface area contributed by atoms with Crippen LogP contribution in [0.1, 0.15) is 27.2 Å². The first-order valence-corrected chi connectivity index (χ1v) is 6.11. The van der Waals surface area contributed by atoms with E-state index in [2.05, 4.69) is 0 Å². The van der Waals surface area contributed by atoms with Gasteiger partial charge in [0.15, 0.2) is 5.41 Å². The Morgan fingerprint density at radius 1 is 1.37 bits per heavy atom. The van der Waals surface area contributed by atoms with Gasteiger partial charge >= 0.3 is 12.1 Å². The SMILES string of the molecule is CC(C)(C)OC(=O)N1CC[C@@H]2C(F)(F)[C@]2(C(=O)O)C1. The molecule has 1 heterocycles. The topological polar surface area (TPSA) is 66.8 Å². The van der Waals surface area contributed by atoms with Crippen molar-refractivity contribution in [3.63, 3.8) is 0 Å². The molecular formula is C12H17F2NO4. The zero-order valence-electron chi connectivity index (χ0n) is 11.1. The molecule has 2 aliphatic rings. The molecule has 0 unspecified atom stereocenters. The van der Waals surface area contributed by atoms with Gasteiger partial charge in [0.1, 0.15) is 5.60 Å². The average Bonchev–Trinajstić information content (AvgIpc) is 2.75. The van der Waals surface area contributed by atoms with E-state index in [-0.39, 0.29) is 13.0 Å². The molecular weight excluding hydrogens is 260 g/mol. The van der Waals surface area contributed by atoms with Crippen LogP contribution in [0.25, 0.3) is 0 Å². The Labute approximate surface area is 109 Å². The summed E-state index contributed by atoms with van der Waals surface area (Å²) in [5.41, 5.74) is -2.86. The van der Waals surface area contributed by atoms with Crippen LogP contribution in [0.2, 0.25) is 0 Å². The summed E-state index contributed by atoms with van der Waals surface area (Å²) in [4.78, 5) is 24.0. The molecule has 1 saturated heterocycles. The lowest BCUT2D eigenvalue weighted by Crippen LogP contribution is -2.46. The molecule has 0 spiro atoms. The molecule has 2 fully saturated rings. The number of carbonyl (C=O) groups is 2. The fourth-order valence-electron chi connectivity index (χ4n) is 2.68. The Morgan fingerprint density at radius 3 is 2.42 bits per heavy atom. The van der Waals surface area contributed by atoms with E-state index in [1.54, 1.807) is 20.8 Å². The molecule has 1 amide bonds. The van der Waals surface area contributed by atoms with Crippen LogP contribution in [0.3, 0.4) is 0 Å². The zero-order chi connectivity index (χ0) is 14.6. The molecule has 1 aliphatic heterocycles. The van der Waals surface area contributed by atoms with Gasteiger partial charge in [-0.3, -0.25) is 4.79 Å². The Kier molecular flexibility index (Phi) is 2.80. The van der Waals surface area contributed by atoms with Gasteiger partial charge in [-0.05, 0) is 27.2 Å². The van der Waals surface area contributed by atoms with Gasteiger partial charge in [-0.15, -0.1) is 0 Å². The van der Waals surface area contributed by atoms with Crippen LogP contribution in [0.5, 0.6) is 0 Å². The zero-order valence-corrected chi connectivity index (χ0v) is 11.1. The van der Waals surface area contributed by atoms with Crippen molar-refractivity contribution in [3.05, 3.63) is 0 Å². The molecule has 1 saturated carbocycles. The summed E-state index contributed by atoms with van der Waals surface area (Å²) in [6.07, 6.45) is -0.757. The van der Waals surface area contributed by atoms with Crippen molar-refractivity contribution in [2.45, 2.75) is 38.7 Å². The van der Waals surface area contributed by atoms with E-state index in [4.69, 9.17) is 9.84 Å². The van der Waals surface area contributed by atoms with Crippen molar-refractivity contribution < 1.29 is 28.2 Å². The Bertz CT molecular complexity index is 432. The molecule has 0 aromatic carbocycles. The highest BCUT2D eigenvalue weighted by atomic mass is 19.3. The molecule has 1 aliphatic carbocycles. The molecule has 0 bridgehead atoms. The predicted octanol–water partition coefficient (Wildman–Crippen LogP) is 1.96. The lowest BCUT2D eigenvalue weighted by Gasteiger charge is -2.31. The van der Waals surface area contributed by atoms with Crippen molar-refractivity contribution >= 4 is 12.1 Å². The lowest BCUT2D eigenvalue weighted by molar-refractivity contribution is -0.149. The van der Waals surface area contributed by atoms with Crippen molar-refractivity contribution in [2.24, 2.45) is 11.3 Å². The van der Waals surface area contributed by atoms with E-state index >= 15 is 0 Å². The maximum Gasteiger partial charge on any atom is 0.410 e. The third-order valence-corrected chi connectivity index (χ3v) is 3.71. The number of carboxylic acids is 1. The molecule has 0 radical (unpaired) electrons. The van der Waals surface area contributed by atoms with Crippen LogP contribution in [-0.4, -0.2) is 46.7 Å². The van der Waals surface area contributed by atoms with Crippen molar-refractivity contribution in [3.8, 4) is 0 Å². The summed E-state index contributed by atoms with van der Waals surface area (Å²) in [6, 6.07) is 0. The minimum absolute atomic E-state index is 0.0153. The van der Waals surface area contributed by atoms with Crippen LogP contribution in [0.15, 0.2) is 0 Å². The van der Waals surface area contributed by atoms with E-state index in [0.29, 0.717) is 0 Å². The number of ether oxygens (including phenoxy) is 1. The highest BCUT2D eigenvalue weighted by Crippen LogP contribution is 2.69. The Balaban J connectivity index is 2.13. The number of carbonyl (C=O) groups excluding carboxylic acids is 1. The number of nitrogens with zero attached hydrogens (tertiary/aromatic N) is 1. The molecule has 2 rings (SSSR count). The minimum Gasteiger partial charge on any atom is -0.481 e. The normalized spacial score (nSPS) is 32.5. The van der Waals surface area contributed by atoms with Crippen molar-refractivity contribution in [1.82, 2.24) is 4.90 Å².